The molecule has 1 aliphatic rings. The second kappa shape index (κ2) is 6.56. The number of rotatable bonds is 4. The normalized spacial score (nSPS) is 15.1. The molecule has 0 atom stereocenters. The second-order valence-corrected chi connectivity index (χ2v) is 5.41. The van der Waals surface area contributed by atoms with Crippen molar-refractivity contribution in [2.24, 2.45) is 5.92 Å². The minimum atomic E-state index is -4.66. The van der Waals surface area contributed by atoms with Crippen LogP contribution in [0.3, 0.4) is 0 Å². The van der Waals surface area contributed by atoms with Crippen LogP contribution in [0.4, 0.5) is 18.9 Å². The molecule has 1 aromatic rings. The summed E-state index contributed by atoms with van der Waals surface area (Å²) >= 11 is 5.54. The van der Waals surface area contributed by atoms with Gasteiger partial charge in [0.25, 0.3) is 5.91 Å². The fraction of sp³-hybridized carbons (Fsp3) is 0.429. The highest BCUT2D eigenvalue weighted by atomic mass is 35.5. The summed E-state index contributed by atoms with van der Waals surface area (Å²) in [6.07, 6.45) is -2.28. The number of amides is 1. The number of hydrogen-bond donors (Lipinski definition) is 1. The first-order chi connectivity index (χ1) is 10.3. The van der Waals surface area contributed by atoms with Gasteiger partial charge in [-0.25, -0.2) is 0 Å². The van der Waals surface area contributed by atoms with Crippen molar-refractivity contribution in [2.45, 2.75) is 25.4 Å². The lowest BCUT2D eigenvalue weighted by molar-refractivity contribution is -0.154. The summed E-state index contributed by atoms with van der Waals surface area (Å²) in [4.78, 5) is 23.1. The molecular weight excluding hydrogens is 323 g/mol. The van der Waals surface area contributed by atoms with Crippen molar-refractivity contribution >= 4 is 29.2 Å². The Morgan fingerprint density at radius 3 is 2.55 bits per heavy atom. The van der Waals surface area contributed by atoms with Gasteiger partial charge in [-0.15, -0.1) is 0 Å². The van der Waals surface area contributed by atoms with Crippen LogP contribution < -0.4 is 5.32 Å². The second-order valence-electron chi connectivity index (χ2n) is 4.97. The standard InChI is InChI=1S/C14H13ClF3NO3/c15-9-4-5-11(10(6-9)14(16,17)18)19-12(20)7-22-13(21)8-2-1-3-8/h4-6,8H,1-3,7H2,(H,19,20). The third kappa shape index (κ3) is 4.13. The number of benzene rings is 1. The van der Waals surface area contributed by atoms with Crippen molar-refractivity contribution in [3.05, 3.63) is 28.8 Å². The Morgan fingerprint density at radius 1 is 1.32 bits per heavy atom. The topological polar surface area (TPSA) is 55.4 Å². The maximum absolute atomic E-state index is 12.9. The van der Waals surface area contributed by atoms with Crippen molar-refractivity contribution in [2.75, 3.05) is 11.9 Å². The molecule has 0 bridgehead atoms. The van der Waals surface area contributed by atoms with Gasteiger partial charge in [0.1, 0.15) is 0 Å². The van der Waals surface area contributed by atoms with Crippen molar-refractivity contribution in [1.29, 1.82) is 0 Å². The quantitative estimate of drug-likeness (QED) is 0.855. The number of carbonyl (C=O) groups is 2. The van der Waals surface area contributed by atoms with Crippen LogP contribution in [0.15, 0.2) is 18.2 Å². The van der Waals surface area contributed by atoms with Gasteiger partial charge in [-0.3, -0.25) is 9.59 Å². The Hall–Kier alpha value is -1.76. The molecule has 1 amide bonds. The maximum atomic E-state index is 12.9. The lowest BCUT2D eigenvalue weighted by atomic mass is 9.86. The first kappa shape index (κ1) is 16.6. The number of ether oxygens (including phenoxy) is 1. The van der Waals surface area contributed by atoms with Gasteiger partial charge in [-0.05, 0) is 31.0 Å². The summed E-state index contributed by atoms with van der Waals surface area (Å²) in [5.41, 5.74) is -1.49. The molecule has 0 saturated heterocycles. The van der Waals surface area contributed by atoms with Crippen LogP contribution in [0.25, 0.3) is 0 Å². The molecule has 1 aliphatic carbocycles. The molecule has 0 spiro atoms. The predicted octanol–water partition coefficient (Wildman–Crippen LogP) is 3.64. The van der Waals surface area contributed by atoms with E-state index < -0.39 is 35.9 Å². The number of carbonyl (C=O) groups excluding carboxylic acids is 2. The van der Waals surface area contributed by atoms with Crippen LogP contribution >= 0.6 is 11.6 Å². The first-order valence-electron chi connectivity index (χ1n) is 6.60. The molecule has 1 N–H and O–H groups in total. The van der Waals surface area contributed by atoms with Crippen LogP contribution in [0.2, 0.25) is 5.02 Å². The van der Waals surface area contributed by atoms with Gasteiger partial charge in [-0.2, -0.15) is 13.2 Å². The Bertz CT molecular complexity index is 585. The monoisotopic (exact) mass is 335 g/mol. The van der Waals surface area contributed by atoms with Gasteiger partial charge in [0.05, 0.1) is 17.2 Å². The van der Waals surface area contributed by atoms with Gasteiger partial charge in [-0.1, -0.05) is 18.0 Å². The minimum absolute atomic E-state index is 0.0956. The number of esters is 1. The lowest BCUT2D eigenvalue weighted by Gasteiger charge is -2.22. The van der Waals surface area contributed by atoms with E-state index in [0.717, 1.165) is 31.4 Å². The average molecular weight is 336 g/mol. The van der Waals surface area contributed by atoms with E-state index >= 15 is 0 Å². The highest BCUT2D eigenvalue weighted by Gasteiger charge is 2.34. The fourth-order valence-corrected chi connectivity index (χ4v) is 2.12. The Morgan fingerprint density at radius 2 is 2.00 bits per heavy atom. The molecule has 0 radical (unpaired) electrons. The highest BCUT2D eigenvalue weighted by molar-refractivity contribution is 6.30. The molecule has 0 aliphatic heterocycles. The van der Waals surface area contributed by atoms with E-state index in [4.69, 9.17) is 16.3 Å². The molecule has 0 unspecified atom stereocenters. The molecular formula is C14H13ClF3NO3. The number of nitrogens with one attached hydrogen (secondary N) is 1. The van der Waals surface area contributed by atoms with Gasteiger partial charge < -0.3 is 10.1 Å². The number of alkyl halides is 3. The van der Waals surface area contributed by atoms with Crippen molar-refractivity contribution in [3.63, 3.8) is 0 Å². The lowest BCUT2D eigenvalue weighted by Crippen LogP contribution is -2.28. The summed E-state index contributed by atoms with van der Waals surface area (Å²) in [6.45, 7) is -0.616. The molecule has 22 heavy (non-hydrogen) atoms. The van der Waals surface area contributed by atoms with Crippen molar-refractivity contribution < 1.29 is 27.5 Å². The SMILES string of the molecule is O=C(COC(=O)C1CCC1)Nc1ccc(Cl)cc1C(F)(F)F. The molecule has 8 heteroatoms. The Kier molecular flexibility index (Phi) is 4.95. The van der Waals surface area contributed by atoms with Crippen molar-refractivity contribution in [1.82, 2.24) is 0 Å². The molecule has 0 aromatic heterocycles. The van der Waals surface area contributed by atoms with E-state index in [1.54, 1.807) is 0 Å². The van der Waals surface area contributed by atoms with E-state index in [2.05, 4.69) is 5.32 Å². The molecule has 0 heterocycles. The van der Waals surface area contributed by atoms with Gasteiger partial charge >= 0.3 is 12.1 Å². The van der Waals surface area contributed by atoms with E-state index in [0.29, 0.717) is 0 Å². The Labute approximate surface area is 129 Å². The summed E-state index contributed by atoms with van der Waals surface area (Å²) in [6, 6.07) is 3.00. The number of hydrogen-bond acceptors (Lipinski definition) is 3. The van der Waals surface area contributed by atoms with E-state index in [-0.39, 0.29) is 10.9 Å². The number of halogens is 4. The summed E-state index contributed by atoms with van der Waals surface area (Å²) in [5, 5.41) is 1.98. The zero-order valence-electron chi connectivity index (χ0n) is 11.4. The summed E-state index contributed by atoms with van der Waals surface area (Å²) in [5.74, 6) is -1.52. The first-order valence-corrected chi connectivity index (χ1v) is 6.98. The molecule has 1 fully saturated rings. The molecule has 2 rings (SSSR count). The fourth-order valence-electron chi connectivity index (χ4n) is 1.94. The molecule has 4 nitrogen and oxygen atoms in total. The average Bonchev–Trinajstić information content (AvgIpc) is 2.35. The van der Waals surface area contributed by atoms with Crippen LogP contribution in [-0.2, 0) is 20.5 Å². The van der Waals surface area contributed by atoms with E-state index in [1.807, 2.05) is 0 Å². The molecule has 120 valence electrons. The smallest absolute Gasteiger partial charge is 0.418 e. The maximum Gasteiger partial charge on any atom is 0.418 e. The Balaban J connectivity index is 1.97. The molecule has 1 saturated carbocycles. The number of anilines is 1. The van der Waals surface area contributed by atoms with E-state index in [9.17, 15) is 22.8 Å². The zero-order valence-corrected chi connectivity index (χ0v) is 12.1. The third-order valence-electron chi connectivity index (χ3n) is 3.35. The predicted molar refractivity (Wildman–Crippen MR) is 73.4 cm³/mol. The zero-order chi connectivity index (χ0) is 16.3. The largest absolute Gasteiger partial charge is 0.455 e. The molecule has 1 aromatic carbocycles. The summed E-state index contributed by atoms with van der Waals surface area (Å²) < 4.78 is 43.3. The van der Waals surface area contributed by atoms with Crippen LogP contribution in [0.1, 0.15) is 24.8 Å². The van der Waals surface area contributed by atoms with Gasteiger partial charge in [0, 0.05) is 5.02 Å². The van der Waals surface area contributed by atoms with Gasteiger partial charge in [0.2, 0.25) is 0 Å². The van der Waals surface area contributed by atoms with E-state index in [1.165, 1.54) is 6.07 Å². The van der Waals surface area contributed by atoms with Crippen LogP contribution in [-0.4, -0.2) is 18.5 Å². The highest BCUT2D eigenvalue weighted by Crippen LogP contribution is 2.36. The van der Waals surface area contributed by atoms with Crippen molar-refractivity contribution in [3.8, 4) is 0 Å². The van der Waals surface area contributed by atoms with Gasteiger partial charge in [0.15, 0.2) is 6.61 Å². The minimum Gasteiger partial charge on any atom is -0.455 e. The summed E-state index contributed by atoms with van der Waals surface area (Å²) in [7, 11) is 0. The van der Waals surface area contributed by atoms with Crippen LogP contribution in [0.5, 0.6) is 0 Å². The third-order valence-corrected chi connectivity index (χ3v) is 3.58. The van der Waals surface area contributed by atoms with Crippen LogP contribution in [0, 0.1) is 5.92 Å².